The van der Waals surface area contributed by atoms with Crippen LogP contribution in [0, 0.1) is 0 Å². The molecule has 1 atom stereocenters. The Balaban J connectivity index is 2.21. The highest BCUT2D eigenvalue weighted by atomic mass is 15.1. The third-order valence-electron chi connectivity index (χ3n) is 3.02. The average Bonchev–Trinajstić information content (AvgIpc) is 2.43. The molecule has 1 unspecified atom stereocenters. The molecular formula is C14H19N5. The van der Waals surface area contributed by atoms with Crippen LogP contribution in [0.1, 0.15) is 37.4 Å². The third-order valence-corrected chi connectivity index (χ3v) is 3.02. The summed E-state index contributed by atoms with van der Waals surface area (Å²) in [5, 5.41) is 3.38. The molecule has 0 aliphatic heterocycles. The van der Waals surface area contributed by atoms with Gasteiger partial charge < -0.3 is 11.1 Å². The summed E-state index contributed by atoms with van der Waals surface area (Å²) in [6.07, 6.45) is 6.98. The van der Waals surface area contributed by atoms with Gasteiger partial charge in [0, 0.05) is 18.0 Å². The smallest absolute Gasteiger partial charge is 0.135 e. The monoisotopic (exact) mass is 257 g/mol. The molecule has 0 amide bonds. The molecule has 3 N–H and O–H groups in total. The zero-order chi connectivity index (χ0) is 13.7. The number of nitrogen functional groups attached to an aromatic ring is 1. The molecule has 100 valence electrons. The molecule has 0 aliphatic carbocycles. The number of nitrogens with two attached hydrogens (primary N) is 1. The number of anilines is 2. The van der Waals surface area contributed by atoms with Crippen LogP contribution in [-0.2, 0) is 6.42 Å². The zero-order valence-electron chi connectivity index (χ0n) is 11.3. The van der Waals surface area contributed by atoms with Crippen LogP contribution < -0.4 is 11.1 Å². The molecule has 5 heteroatoms. The molecule has 0 fully saturated rings. The van der Waals surface area contributed by atoms with Crippen molar-refractivity contribution < 1.29 is 0 Å². The van der Waals surface area contributed by atoms with E-state index < -0.39 is 0 Å². The Kier molecular flexibility index (Phi) is 4.28. The van der Waals surface area contributed by atoms with Crippen molar-refractivity contribution in [2.45, 2.75) is 32.7 Å². The van der Waals surface area contributed by atoms with E-state index in [0.717, 1.165) is 29.8 Å². The van der Waals surface area contributed by atoms with Crippen LogP contribution in [0.3, 0.4) is 0 Å². The molecule has 19 heavy (non-hydrogen) atoms. The molecule has 0 aliphatic rings. The maximum absolute atomic E-state index is 5.92. The SMILES string of the molecule is CCCc1c(N)ncnc1NC(C)c1cccnc1. The van der Waals surface area contributed by atoms with Crippen molar-refractivity contribution in [3.63, 3.8) is 0 Å². The van der Waals surface area contributed by atoms with E-state index in [9.17, 15) is 0 Å². The van der Waals surface area contributed by atoms with Crippen LogP contribution >= 0.6 is 0 Å². The molecular weight excluding hydrogens is 238 g/mol. The molecule has 2 rings (SSSR count). The number of nitrogens with zero attached hydrogens (tertiary/aromatic N) is 3. The van der Waals surface area contributed by atoms with Crippen LogP contribution in [0.4, 0.5) is 11.6 Å². The lowest BCUT2D eigenvalue weighted by atomic mass is 10.1. The lowest BCUT2D eigenvalue weighted by Crippen LogP contribution is -2.12. The standard InChI is InChI=1S/C14H19N5/c1-3-5-12-13(15)17-9-18-14(12)19-10(2)11-6-4-7-16-8-11/h4,6-10H,3,5H2,1-2H3,(H3,15,17,18,19). The van der Waals surface area contributed by atoms with Gasteiger partial charge in [-0.05, 0) is 25.0 Å². The van der Waals surface area contributed by atoms with Crippen molar-refractivity contribution in [2.75, 3.05) is 11.1 Å². The lowest BCUT2D eigenvalue weighted by molar-refractivity contribution is 0.843. The van der Waals surface area contributed by atoms with Crippen LogP contribution in [0.2, 0.25) is 0 Å². The first-order valence-electron chi connectivity index (χ1n) is 6.48. The van der Waals surface area contributed by atoms with E-state index >= 15 is 0 Å². The first-order valence-corrected chi connectivity index (χ1v) is 6.48. The van der Waals surface area contributed by atoms with E-state index in [1.54, 1.807) is 6.20 Å². The predicted octanol–water partition coefficient (Wildman–Crippen LogP) is 2.58. The third kappa shape index (κ3) is 3.19. The van der Waals surface area contributed by atoms with Gasteiger partial charge in [-0.1, -0.05) is 19.4 Å². The van der Waals surface area contributed by atoms with E-state index in [4.69, 9.17) is 5.73 Å². The van der Waals surface area contributed by atoms with Gasteiger partial charge in [-0.2, -0.15) is 0 Å². The fraction of sp³-hybridized carbons (Fsp3) is 0.357. The highest BCUT2D eigenvalue weighted by Gasteiger charge is 2.12. The second-order valence-corrected chi connectivity index (χ2v) is 4.49. The number of rotatable bonds is 5. The Morgan fingerprint density at radius 3 is 2.89 bits per heavy atom. The van der Waals surface area contributed by atoms with Gasteiger partial charge in [-0.25, -0.2) is 9.97 Å². The summed E-state index contributed by atoms with van der Waals surface area (Å²) in [6.45, 7) is 4.19. The first-order chi connectivity index (χ1) is 9.22. The second kappa shape index (κ2) is 6.13. The van der Waals surface area contributed by atoms with Gasteiger partial charge in [0.05, 0.1) is 6.04 Å². The minimum Gasteiger partial charge on any atom is -0.383 e. The van der Waals surface area contributed by atoms with Crippen molar-refractivity contribution in [3.05, 3.63) is 42.0 Å². The van der Waals surface area contributed by atoms with Crippen molar-refractivity contribution in [1.29, 1.82) is 0 Å². The molecule has 2 aromatic rings. The highest BCUT2D eigenvalue weighted by Crippen LogP contribution is 2.23. The predicted molar refractivity (Wildman–Crippen MR) is 76.7 cm³/mol. The van der Waals surface area contributed by atoms with E-state index in [1.807, 2.05) is 18.3 Å². The van der Waals surface area contributed by atoms with E-state index in [0.29, 0.717) is 5.82 Å². The van der Waals surface area contributed by atoms with Gasteiger partial charge in [0.25, 0.3) is 0 Å². The Labute approximate surface area is 113 Å². The number of aromatic nitrogens is 3. The largest absolute Gasteiger partial charge is 0.383 e. The minimum absolute atomic E-state index is 0.124. The average molecular weight is 257 g/mol. The maximum atomic E-state index is 5.92. The number of pyridine rings is 1. The van der Waals surface area contributed by atoms with E-state index in [-0.39, 0.29) is 6.04 Å². The summed E-state index contributed by atoms with van der Waals surface area (Å²) in [7, 11) is 0. The van der Waals surface area contributed by atoms with Crippen LogP contribution in [-0.4, -0.2) is 15.0 Å². The topological polar surface area (TPSA) is 76.7 Å². The van der Waals surface area contributed by atoms with Gasteiger partial charge in [0.1, 0.15) is 18.0 Å². The summed E-state index contributed by atoms with van der Waals surface area (Å²) in [4.78, 5) is 12.5. The number of nitrogens with one attached hydrogen (secondary N) is 1. The Hall–Kier alpha value is -2.17. The first kappa shape index (κ1) is 13.3. The quantitative estimate of drug-likeness (QED) is 0.861. The highest BCUT2D eigenvalue weighted by molar-refractivity contribution is 5.55. The molecule has 2 heterocycles. The van der Waals surface area contributed by atoms with E-state index in [1.165, 1.54) is 6.33 Å². The molecule has 0 bridgehead atoms. The van der Waals surface area contributed by atoms with Gasteiger partial charge >= 0.3 is 0 Å². The van der Waals surface area contributed by atoms with Crippen molar-refractivity contribution in [3.8, 4) is 0 Å². The van der Waals surface area contributed by atoms with Gasteiger partial charge in [0.15, 0.2) is 0 Å². The molecule has 0 saturated carbocycles. The van der Waals surface area contributed by atoms with Gasteiger partial charge in [-0.3, -0.25) is 4.98 Å². The molecule has 5 nitrogen and oxygen atoms in total. The molecule has 0 spiro atoms. The fourth-order valence-electron chi connectivity index (χ4n) is 1.97. The number of hydrogen-bond donors (Lipinski definition) is 2. The van der Waals surface area contributed by atoms with Crippen LogP contribution in [0.5, 0.6) is 0 Å². The summed E-state index contributed by atoms with van der Waals surface area (Å²) >= 11 is 0. The fourth-order valence-corrected chi connectivity index (χ4v) is 1.97. The van der Waals surface area contributed by atoms with E-state index in [2.05, 4.69) is 34.1 Å². The molecule has 0 radical (unpaired) electrons. The van der Waals surface area contributed by atoms with Gasteiger partial charge in [0.2, 0.25) is 0 Å². The van der Waals surface area contributed by atoms with Crippen molar-refractivity contribution in [2.24, 2.45) is 0 Å². The lowest BCUT2D eigenvalue weighted by Gasteiger charge is -2.17. The Morgan fingerprint density at radius 1 is 1.37 bits per heavy atom. The van der Waals surface area contributed by atoms with Gasteiger partial charge in [-0.15, -0.1) is 0 Å². The zero-order valence-corrected chi connectivity index (χ0v) is 11.3. The normalized spacial score (nSPS) is 12.1. The molecule has 0 saturated heterocycles. The van der Waals surface area contributed by atoms with Crippen LogP contribution in [0.25, 0.3) is 0 Å². The van der Waals surface area contributed by atoms with Crippen LogP contribution in [0.15, 0.2) is 30.9 Å². The second-order valence-electron chi connectivity index (χ2n) is 4.49. The Bertz CT molecular complexity index is 527. The molecule has 2 aromatic heterocycles. The summed E-state index contributed by atoms with van der Waals surface area (Å²) in [5.41, 5.74) is 8.02. The Morgan fingerprint density at radius 2 is 2.21 bits per heavy atom. The summed E-state index contributed by atoms with van der Waals surface area (Å²) < 4.78 is 0. The summed E-state index contributed by atoms with van der Waals surface area (Å²) in [5.74, 6) is 1.36. The number of hydrogen-bond acceptors (Lipinski definition) is 5. The van der Waals surface area contributed by atoms with Crippen molar-refractivity contribution >= 4 is 11.6 Å². The van der Waals surface area contributed by atoms with Crippen molar-refractivity contribution in [1.82, 2.24) is 15.0 Å². The minimum atomic E-state index is 0.124. The summed E-state index contributed by atoms with van der Waals surface area (Å²) in [6, 6.07) is 4.09. The molecule has 0 aromatic carbocycles. The maximum Gasteiger partial charge on any atom is 0.135 e.